The predicted octanol–water partition coefficient (Wildman–Crippen LogP) is 3.05. The number of methoxy groups -OCH3 is 1. The van der Waals surface area contributed by atoms with E-state index in [4.69, 9.17) is 10.00 Å². The molecule has 6 heteroatoms. The molecular formula is C16H13N3O2S. The van der Waals surface area contributed by atoms with Crippen LogP contribution in [-0.4, -0.2) is 16.7 Å². The van der Waals surface area contributed by atoms with Gasteiger partial charge in [0.1, 0.15) is 10.6 Å². The molecular weight excluding hydrogens is 298 g/mol. The molecule has 5 nitrogen and oxygen atoms in total. The molecule has 2 heterocycles. The highest BCUT2D eigenvalue weighted by atomic mass is 32.1. The summed E-state index contributed by atoms with van der Waals surface area (Å²) in [6.45, 7) is 0.353. The van der Waals surface area contributed by atoms with E-state index in [1.807, 2.05) is 35.7 Å². The maximum Gasteiger partial charge on any atom is 0.262 e. The van der Waals surface area contributed by atoms with E-state index in [-0.39, 0.29) is 12.0 Å². The summed E-state index contributed by atoms with van der Waals surface area (Å²) in [7, 11) is 1.61. The van der Waals surface area contributed by atoms with Crippen molar-refractivity contribution in [3.63, 3.8) is 0 Å². The van der Waals surface area contributed by atoms with Crippen LogP contribution >= 0.6 is 11.3 Å². The summed E-state index contributed by atoms with van der Waals surface area (Å²) >= 11 is 1.44. The minimum atomic E-state index is -0.112. The maximum absolute atomic E-state index is 12.6. The maximum atomic E-state index is 12.6. The van der Waals surface area contributed by atoms with Gasteiger partial charge in [0.05, 0.1) is 31.3 Å². The number of fused-ring (bicyclic) bond motifs is 1. The number of thiophene rings is 1. The van der Waals surface area contributed by atoms with Crippen LogP contribution in [0.3, 0.4) is 0 Å². The highest BCUT2D eigenvalue weighted by molar-refractivity contribution is 7.17. The number of benzene rings is 1. The molecule has 0 fully saturated rings. The molecule has 0 aliphatic carbocycles. The van der Waals surface area contributed by atoms with Crippen LogP contribution in [0, 0.1) is 11.3 Å². The predicted molar refractivity (Wildman–Crippen MR) is 86.1 cm³/mol. The lowest BCUT2D eigenvalue weighted by molar-refractivity contribution is 0.415. The molecule has 0 atom stereocenters. The second-order valence-electron chi connectivity index (χ2n) is 4.71. The Kier molecular flexibility index (Phi) is 3.90. The quantitative estimate of drug-likeness (QED) is 0.742. The Labute approximate surface area is 131 Å². The van der Waals surface area contributed by atoms with Crippen molar-refractivity contribution in [3.05, 3.63) is 46.3 Å². The standard InChI is InChI=1S/C16H13N3O2S/c1-21-12-5-2-4-11(8-12)13-9-22-15-14(13)16(20)19(10-18-15)7-3-6-17/h2,4-5,8-10H,3,7H2,1H3. The van der Waals surface area contributed by atoms with Gasteiger partial charge in [0.2, 0.25) is 0 Å². The van der Waals surface area contributed by atoms with E-state index in [9.17, 15) is 4.79 Å². The Morgan fingerprint density at radius 2 is 2.32 bits per heavy atom. The van der Waals surface area contributed by atoms with Gasteiger partial charge in [-0.2, -0.15) is 5.26 Å². The normalized spacial score (nSPS) is 10.5. The highest BCUT2D eigenvalue weighted by Crippen LogP contribution is 2.32. The number of ether oxygens (including phenoxy) is 1. The number of rotatable bonds is 4. The fraction of sp³-hybridized carbons (Fsp3) is 0.188. The smallest absolute Gasteiger partial charge is 0.262 e. The molecule has 110 valence electrons. The SMILES string of the molecule is COc1cccc(-c2csc3ncn(CCC#N)c(=O)c23)c1. The van der Waals surface area contributed by atoms with Crippen LogP contribution in [-0.2, 0) is 6.54 Å². The van der Waals surface area contributed by atoms with Gasteiger partial charge in [-0.3, -0.25) is 9.36 Å². The van der Waals surface area contributed by atoms with Gasteiger partial charge < -0.3 is 4.74 Å². The second-order valence-corrected chi connectivity index (χ2v) is 5.57. The molecule has 0 aliphatic rings. The lowest BCUT2D eigenvalue weighted by Gasteiger charge is -2.05. The molecule has 0 aliphatic heterocycles. The van der Waals surface area contributed by atoms with E-state index in [0.29, 0.717) is 16.8 Å². The average Bonchev–Trinajstić information content (AvgIpc) is 2.99. The zero-order valence-corrected chi connectivity index (χ0v) is 12.8. The van der Waals surface area contributed by atoms with E-state index in [0.717, 1.165) is 16.9 Å². The van der Waals surface area contributed by atoms with Gasteiger partial charge in [0, 0.05) is 17.5 Å². The largest absolute Gasteiger partial charge is 0.497 e. The topological polar surface area (TPSA) is 67.9 Å². The summed E-state index contributed by atoms with van der Waals surface area (Å²) in [5, 5.41) is 11.2. The lowest BCUT2D eigenvalue weighted by atomic mass is 10.1. The zero-order valence-electron chi connectivity index (χ0n) is 11.9. The number of aryl methyl sites for hydroxylation is 1. The van der Waals surface area contributed by atoms with Crippen molar-refractivity contribution < 1.29 is 4.74 Å². The minimum absolute atomic E-state index is 0.112. The molecule has 0 unspecified atom stereocenters. The molecule has 0 radical (unpaired) electrons. The van der Waals surface area contributed by atoms with E-state index in [1.54, 1.807) is 7.11 Å². The molecule has 0 N–H and O–H groups in total. The highest BCUT2D eigenvalue weighted by Gasteiger charge is 2.13. The fourth-order valence-corrected chi connectivity index (χ4v) is 3.21. The molecule has 3 rings (SSSR count). The molecule has 2 aromatic heterocycles. The summed E-state index contributed by atoms with van der Waals surface area (Å²) in [6, 6.07) is 9.64. The van der Waals surface area contributed by atoms with Crippen molar-refractivity contribution in [1.82, 2.24) is 9.55 Å². The molecule has 0 bridgehead atoms. The molecule has 3 aromatic rings. The Morgan fingerprint density at radius 1 is 1.45 bits per heavy atom. The van der Waals surface area contributed by atoms with E-state index < -0.39 is 0 Å². The third-order valence-electron chi connectivity index (χ3n) is 3.41. The number of hydrogen-bond donors (Lipinski definition) is 0. The summed E-state index contributed by atoms with van der Waals surface area (Å²) in [5.41, 5.74) is 1.66. The van der Waals surface area contributed by atoms with Crippen LogP contribution < -0.4 is 10.3 Å². The molecule has 0 amide bonds. The third-order valence-corrected chi connectivity index (χ3v) is 4.29. The Balaban J connectivity index is 2.18. The van der Waals surface area contributed by atoms with Crippen molar-refractivity contribution in [2.45, 2.75) is 13.0 Å². The Morgan fingerprint density at radius 3 is 3.09 bits per heavy atom. The van der Waals surface area contributed by atoms with Crippen molar-refractivity contribution in [1.29, 1.82) is 5.26 Å². The van der Waals surface area contributed by atoms with Gasteiger partial charge in [0.15, 0.2) is 0 Å². The van der Waals surface area contributed by atoms with Crippen molar-refractivity contribution >= 4 is 21.6 Å². The molecule has 0 saturated heterocycles. The van der Waals surface area contributed by atoms with Crippen molar-refractivity contribution in [2.24, 2.45) is 0 Å². The monoisotopic (exact) mass is 311 g/mol. The minimum Gasteiger partial charge on any atom is -0.497 e. The van der Waals surface area contributed by atoms with Gasteiger partial charge in [-0.15, -0.1) is 11.3 Å². The lowest BCUT2D eigenvalue weighted by Crippen LogP contribution is -2.20. The summed E-state index contributed by atoms with van der Waals surface area (Å²) in [4.78, 5) is 17.7. The average molecular weight is 311 g/mol. The molecule has 0 spiro atoms. The summed E-state index contributed by atoms with van der Waals surface area (Å²) in [6.07, 6.45) is 1.79. The first-order valence-corrected chi connectivity index (χ1v) is 7.60. The number of nitrogens with zero attached hydrogens (tertiary/aromatic N) is 3. The first-order chi connectivity index (χ1) is 10.7. The van der Waals surface area contributed by atoms with Crippen LogP contribution in [0.15, 0.2) is 40.8 Å². The summed E-state index contributed by atoms with van der Waals surface area (Å²) in [5.74, 6) is 0.741. The van der Waals surface area contributed by atoms with Gasteiger partial charge >= 0.3 is 0 Å². The Bertz CT molecular complexity index is 921. The van der Waals surface area contributed by atoms with Crippen LogP contribution in [0.5, 0.6) is 5.75 Å². The van der Waals surface area contributed by atoms with Crippen LogP contribution in [0.1, 0.15) is 6.42 Å². The molecule has 1 aromatic carbocycles. The van der Waals surface area contributed by atoms with Gasteiger partial charge in [0.25, 0.3) is 5.56 Å². The number of nitriles is 1. The summed E-state index contributed by atoms with van der Waals surface area (Å²) < 4.78 is 6.73. The zero-order chi connectivity index (χ0) is 15.5. The first-order valence-electron chi connectivity index (χ1n) is 6.72. The van der Waals surface area contributed by atoms with Crippen molar-refractivity contribution in [3.8, 4) is 22.9 Å². The van der Waals surface area contributed by atoms with Gasteiger partial charge in [-0.25, -0.2) is 4.98 Å². The van der Waals surface area contributed by atoms with E-state index in [2.05, 4.69) is 4.98 Å². The molecule has 22 heavy (non-hydrogen) atoms. The van der Waals surface area contributed by atoms with E-state index >= 15 is 0 Å². The van der Waals surface area contributed by atoms with E-state index in [1.165, 1.54) is 22.2 Å². The number of aromatic nitrogens is 2. The molecule has 0 saturated carbocycles. The third kappa shape index (κ3) is 2.47. The van der Waals surface area contributed by atoms with Gasteiger partial charge in [-0.05, 0) is 17.7 Å². The van der Waals surface area contributed by atoms with Crippen LogP contribution in [0.2, 0.25) is 0 Å². The second kappa shape index (κ2) is 6.00. The number of hydrogen-bond acceptors (Lipinski definition) is 5. The first kappa shape index (κ1) is 14.3. The van der Waals surface area contributed by atoms with Gasteiger partial charge in [-0.1, -0.05) is 12.1 Å². The van der Waals surface area contributed by atoms with Crippen LogP contribution in [0.4, 0.5) is 0 Å². The fourth-order valence-electron chi connectivity index (χ4n) is 2.30. The van der Waals surface area contributed by atoms with Crippen molar-refractivity contribution in [2.75, 3.05) is 7.11 Å². The van der Waals surface area contributed by atoms with Crippen LogP contribution in [0.25, 0.3) is 21.3 Å². The Hall–Kier alpha value is -2.65.